The fraction of sp³-hybridized carbons (Fsp3) is 0.600. The van der Waals surface area contributed by atoms with Crippen molar-refractivity contribution in [1.82, 2.24) is 19.2 Å². The summed E-state index contributed by atoms with van der Waals surface area (Å²) < 4.78 is 26.0. The predicted molar refractivity (Wildman–Crippen MR) is 67.6 cm³/mol. The molecule has 106 valence electrons. The van der Waals surface area contributed by atoms with Gasteiger partial charge in [-0.25, -0.2) is 13.4 Å². The number of aromatic nitrogens is 2. The van der Waals surface area contributed by atoms with E-state index < -0.39 is 15.9 Å². The minimum atomic E-state index is -3.52. The average Bonchev–Trinajstić information content (AvgIpc) is 2.77. The number of nitrogens with zero attached hydrogens (tertiary/aromatic N) is 3. The van der Waals surface area contributed by atoms with Crippen LogP contribution in [0.5, 0.6) is 0 Å². The lowest BCUT2D eigenvalue weighted by atomic mass is 10.4. The minimum absolute atomic E-state index is 0.0934. The Kier molecular flexibility index (Phi) is 4.17. The van der Waals surface area contributed by atoms with Crippen LogP contribution in [0.15, 0.2) is 17.6 Å². The number of carbonyl (C=O) groups excluding carboxylic acids is 1. The number of primary amides is 1. The van der Waals surface area contributed by atoms with E-state index in [1.165, 1.54) is 16.8 Å². The Hall–Kier alpha value is -1.45. The molecule has 0 bridgehead atoms. The molecule has 0 aliphatic carbocycles. The van der Waals surface area contributed by atoms with Crippen LogP contribution in [0.25, 0.3) is 0 Å². The summed E-state index contributed by atoms with van der Waals surface area (Å²) in [5.74, 6) is -0.398. The van der Waals surface area contributed by atoms with Gasteiger partial charge in [-0.05, 0) is 13.0 Å². The number of sulfonamides is 1. The second-order valence-electron chi connectivity index (χ2n) is 4.42. The molecule has 1 fully saturated rings. The van der Waals surface area contributed by atoms with Gasteiger partial charge in [0, 0.05) is 19.6 Å². The first kappa shape index (κ1) is 14.0. The number of nitrogens with two attached hydrogens (primary N) is 1. The Balaban J connectivity index is 2.05. The number of aromatic amines is 1. The van der Waals surface area contributed by atoms with Crippen LogP contribution in [0.2, 0.25) is 0 Å². The Morgan fingerprint density at radius 2 is 2.16 bits per heavy atom. The monoisotopic (exact) mass is 287 g/mol. The zero-order valence-electron chi connectivity index (χ0n) is 10.4. The molecule has 1 saturated heterocycles. The van der Waals surface area contributed by atoms with E-state index in [1.807, 2.05) is 4.90 Å². The SMILES string of the molecule is NC(=O)CN1CCCN(S(=O)(=O)c2cnc[nH]2)CC1. The first-order valence-corrected chi connectivity index (χ1v) is 7.43. The summed E-state index contributed by atoms with van der Waals surface area (Å²) in [6.07, 6.45) is 3.30. The number of imidazole rings is 1. The molecule has 1 aliphatic heterocycles. The van der Waals surface area contributed by atoms with Crippen molar-refractivity contribution in [1.29, 1.82) is 0 Å². The van der Waals surface area contributed by atoms with Gasteiger partial charge in [0.15, 0.2) is 5.03 Å². The summed E-state index contributed by atoms with van der Waals surface area (Å²) in [6.45, 7) is 2.09. The summed E-state index contributed by atoms with van der Waals surface area (Å²) in [5.41, 5.74) is 5.15. The molecule has 0 aromatic carbocycles. The number of rotatable bonds is 4. The van der Waals surface area contributed by atoms with E-state index in [9.17, 15) is 13.2 Å². The first-order chi connectivity index (χ1) is 9.00. The van der Waals surface area contributed by atoms with Crippen molar-refractivity contribution < 1.29 is 13.2 Å². The van der Waals surface area contributed by atoms with Gasteiger partial charge in [-0.1, -0.05) is 0 Å². The number of nitrogens with one attached hydrogen (secondary N) is 1. The molecule has 1 aromatic heterocycles. The van der Waals surface area contributed by atoms with Crippen LogP contribution < -0.4 is 5.73 Å². The third-order valence-corrected chi connectivity index (χ3v) is 4.84. The van der Waals surface area contributed by atoms with E-state index in [0.717, 1.165) is 0 Å². The largest absolute Gasteiger partial charge is 0.369 e. The third kappa shape index (κ3) is 3.31. The maximum atomic E-state index is 12.3. The zero-order chi connectivity index (χ0) is 13.9. The first-order valence-electron chi connectivity index (χ1n) is 5.99. The highest BCUT2D eigenvalue weighted by Gasteiger charge is 2.28. The van der Waals surface area contributed by atoms with Crippen LogP contribution in [0.4, 0.5) is 0 Å². The Morgan fingerprint density at radius 1 is 1.37 bits per heavy atom. The number of hydrogen-bond donors (Lipinski definition) is 2. The molecule has 0 atom stereocenters. The van der Waals surface area contributed by atoms with Crippen molar-refractivity contribution in [2.24, 2.45) is 5.73 Å². The molecule has 0 unspecified atom stereocenters. The summed E-state index contributed by atoms with van der Waals surface area (Å²) in [4.78, 5) is 19.1. The van der Waals surface area contributed by atoms with Gasteiger partial charge in [0.25, 0.3) is 10.0 Å². The summed E-state index contributed by atoms with van der Waals surface area (Å²) in [6, 6.07) is 0. The fourth-order valence-electron chi connectivity index (χ4n) is 2.09. The molecule has 2 heterocycles. The topological polar surface area (TPSA) is 112 Å². The van der Waals surface area contributed by atoms with Gasteiger partial charge in [0.05, 0.1) is 19.1 Å². The van der Waals surface area contributed by atoms with Crippen molar-refractivity contribution in [2.75, 3.05) is 32.7 Å². The summed E-state index contributed by atoms with van der Waals surface area (Å²) in [7, 11) is -3.52. The van der Waals surface area contributed by atoms with Crippen LogP contribution in [0.1, 0.15) is 6.42 Å². The average molecular weight is 287 g/mol. The number of hydrogen-bond acceptors (Lipinski definition) is 5. The van der Waals surface area contributed by atoms with Gasteiger partial charge in [0.1, 0.15) is 0 Å². The van der Waals surface area contributed by atoms with Crippen molar-refractivity contribution in [3.05, 3.63) is 12.5 Å². The van der Waals surface area contributed by atoms with Gasteiger partial charge >= 0.3 is 0 Å². The second-order valence-corrected chi connectivity index (χ2v) is 6.32. The van der Waals surface area contributed by atoms with E-state index in [2.05, 4.69) is 9.97 Å². The van der Waals surface area contributed by atoms with E-state index in [4.69, 9.17) is 5.73 Å². The number of amides is 1. The van der Waals surface area contributed by atoms with Crippen LogP contribution >= 0.6 is 0 Å². The molecule has 0 saturated carbocycles. The molecule has 1 aliphatic rings. The molecule has 0 spiro atoms. The van der Waals surface area contributed by atoms with Gasteiger partial charge in [0.2, 0.25) is 5.91 Å². The molecule has 1 aromatic rings. The van der Waals surface area contributed by atoms with Gasteiger partial charge in [-0.2, -0.15) is 4.31 Å². The predicted octanol–water partition coefficient (Wildman–Crippen LogP) is -1.41. The van der Waals surface area contributed by atoms with Crippen LogP contribution in [0, 0.1) is 0 Å². The molecule has 19 heavy (non-hydrogen) atoms. The fourth-order valence-corrected chi connectivity index (χ4v) is 3.45. The molecule has 1 amide bonds. The van der Waals surface area contributed by atoms with Gasteiger partial charge in [-0.3, -0.25) is 9.69 Å². The zero-order valence-corrected chi connectivity index (χ0v) is 11.3. The van der Waals surface area contributed by atoms with E-state index >= 15 is 0 Å². The standard InChI is InChI=1S/C10H17N5O3S/c11-9(16)7-14-2-1-3-15(5-4-14)19(17,18)10-6-12-8-13-10/h6,8H,1-5,7H2,(H2,11,16)(H,12,13). The summed E-state index contributed by atoms with van der Waals surface area (Å²) in [5, 5.41) is 0.0934. The smallest absolute Gasteiger partial charge is 0.260 e. The normalized spacial score (nSPS) is 19.2. The maximum absolute atomic E-state index is 12.3. The molecule has 8 nitrogen and oxygen atoms in total. The molecule has 0 radical (unpaired) electrons. The second kappa shape index (κ2) is 5.68. The maximum Gasteiger partial charge on any atom is 0.260 e. The highest BCUT2D eigenvalue weighted by molar-refractivity contribution is 7.89. The Morgan fingerprint density at radius 3 is 2.79 bits per heavy atom. The van der Waals surface area contributed by atoms with Crippen molar-refractivity contribution in [2.45, 2.75) is 11.4 Å². The van der Waals surface area contributed by atoms with Crippen LogP contribution in [-0.2, 0) is 14.8 Å². The molecule has 2 rings (SSSR count). The van der Waals surface area contributed by atoms with E-state index in [0.29, 0.717) is 32.6 Å². The Bertz CT molecular complexity index is 527. The quantitative estimate of drug-likeness (QED) is 0.706. The number of H-pyrrole nitrogens is 1. The minimum Gasteiger partial charge on any atom is -0.369 e. The van der Waals surface area contributed by atoms with Crippen molar-refractivity contribution >= 4 is 15.9 Å². The van der Waals surface area contributed by atoms with Crippen LogP contribution in [-0.4, -0.2) is 66.2 Å². The number of carbonyl (C=O) groups is 1. The van der Waals surface area contributed by atoms with Crippen molar-refractivity contribution in [3.8, 4) is 0 Å². The lowest BCUT2D eigenvalue weighted by molar-refractivity contribution is -0.119. The highest BCUT2D eigenvalue weighted by Crippen LogP contribution is 2.14. The van der Waals surface area contributed by atoms with Gasteiger partial charge < -0.3 is 10.7 Å². The lowest BCUT2D eigenvalue weighted by Gasteiger charge is -2.20. The van der Waals surface area contributed by atoms with Crippen molar-refractivity contribution in [3.63, 3.8) is 0 Å². The third-order valence-electron chi connectivity index (χ3n) is 3.02. The lowest BCUT2D eigenvalue weighted by Crippen LogP contribution is -2.38. The van der Waals surface area contributed by atoms with Gasteiger partial charge in [-0.15, -0.1) is 0 Å². The Labute approximate surface area is 111 Å². The highest BCUT2D eigenvalue weighted by atomic mass is 32.2. The molecule has 9 heteroatoms. The molecule has 3 N–H and O–H groups in total. The van der Waals surface area contributed by atoms with Crippen LogP contribution in [0.3, 0.4) is 0 Å². The molecular formula is C10H17N5O3S. The van der Waals surface area contributed by atoms with E-state index in [-0.39, 0.29) is 11.6 Å². The molecular weight excluding hydrogens is 270 g/mol. The van der Waals surface area contributed by atoms with E-state index in [1.54, 1.807) is 0 Å². The summed E-state index contributed by atoms with van der Waals surface area (Å²) >= 11 is 0.